The molecule has 28 heavy (non-hydrogen) atoms. The molecule has 0 fully saturated rings. The van der Waals surface area contributed by atoms with Crippen LogP contribution in [0.15, 0.2) is 47.6 Å². The van der Waals surface area contributed by atoms with Crippen molar-refractivity contribution in [2.75, 3.05) is 19.1 Å². The van der Waals surface area contributed by atoms with Crippen LogP contribution in [0.4, 0.5) is 5.69 Å². The minimum atomic E-state index is -0.401. The van der Waals surface area contributed by atoms with E-state index in [1.165, 1.54) is 17.7 Å². The first-order valence-electron chi connectivity index (χ1n) is 9.01. The Morgan fingerprint density at radius 2 is 2.04 bits per heavy atom. The molecule has 1 amide bonds. The average molecular weight is 379 g/mol. The Kier molecular flexibility index (Phi) is 5.14. The largest absolute Gasteiger partial charge is 0.508 e. The number of likely N-dealkylation sites (N-methyl/N-ethyl adjacent to an activating group) is 1. The van der Waals surface area contributed by atoms with Crippen LogP contribution in [0.25, 0.3) is 5.57 Å². The van der Waals surface area contributed by atoms with E-state index >= 15 is 0 Å². The molecule has 1 heterocycles. The van der Waals surface area contributed by atoms with Gasteiger partial charge >= 0.3 is 0 Å². The highest BCUT2D eigenvalue weighted by atomic mass is 16.5. The van der Waals surface area contributed by atoms with E-state index in [1.807, 2.05) is 12.1 Å². The molecule has 3 rings (SSSR count). The molecule has 1 aliphatic rings. The Labute approximate surface area is 165 Å². The molecule has 0 bridgehead atoms. The number of phenols is 1. The highest BCUT2D eigenvalue weighted by Crippen LogP contribution is 2.40. The van der Waals surface area contributed by atoms with E-state index in [9.17, 15) is 9.90 Å². The summed E-state index contributed by atoms with van der Waals surface area (Å²) in [4.78, 5) is 14.4. The molecule has 0 atom stereocenters. The minimum Gasteiger partial charge on any atom is -0.508 e. The summed E-state index contributed by atoms with van der Waals surface area (Å²) in [7, 11) is 3.67. The summed E-state index contributed by atoms with van der Waals surface area (Å²) in [5, 5.41) is 13.5. The molecule has 0 spiro atoms. The Hall–Kier alpha value is -3.28. The zero-order valence-electron chi connectivity index (χ0n) is 16.8. The van der Waals surface area contributed by atoms with Crippen molar-refractivity contribution in [2.24, 2.45) is 5.10 Å². The van der Waals surface area contributed by atoms with E-state index in [4.69, 9.17) is 4.74 Å². The van der Waals surface area contributed by atoms with Crippen molar-refractivity contribution in [1.82, 2.24) is 5.43 Å². The molecule has 2 N–H and O–H groups in total. The lowest BCUT2D eigenvalue weighted by atomic mass is 9.88. The summed E-state index contributed by atoms with van der Waals surface area (Å²) in [5.41, 5.74) is 6.85. The second-order valence-corrected chi connectivity index (χ2v) is 7.40. The maximum atomic E-state index is 12.2. The zero-order chi connectivity index (χ0) is 20.5. The van der Waals surface area contributed by atoms with Gasteiger partial charge in [-0.2, -0.15) is 5.10 Å². The van der Waals surface area contributed by atoms with E-state index in [0.29, 0.717) is 11.3 Å². The van der Waals surface area contributed by atoms with Crippen molar-refractivity contribution < 1.29 is 14.6 Å². The van der Waals surface area contributed by atoms with Crippen LogP contribution >= 0.6 is 0 Å². The van der Waals surface area contributed by atoms with E-state index < -0.39 is 5.91 Å². The van der Waals surface area contributed by atoms with Gasteiger partial charge in [0.05, 0.1) is 18.9 Å². The normalized spacial score (nSPS) is 15.2. The molecule has 0 unspecified atom stereocenters. The Bertz CT molecular complexity index is 977. The number of carbonyl (C=O) groups excluding carboxylic acids is 1. The maximum absolute atomic E-state index is 12.2. The first-order chi connectivity index (χ1) is 13.2. The number of aromatic hydroxyl groups is 1. The molecule has 6 heteroatoms. The molecule has 0 radical (unpaired) electrons. The van der Waals surface area contributed by atoms with Crippen LogP contribution in [-0.2, 0) is 0 Å². The second kappa shape index (κ2) is 7.38. The molecule has 0 saturated carbocycles. The monoisotopic (exact) mass is 379 g/mol. The quantitative estimate of drug-likeness (QED) is 0.626. The summed E-state index contributed by atoms with van der Waals surface area (Å²) in [5.74, 6) is 0.301. The number of nitrogens with one attached hydrogen (secondary N) is 1. The summed E-state index contributed by atoms with van der Waals surface area (Å²) in [6.07, 6.45) is 3.79. The van der Waals surface area contributed by atoms with Gasteiger partial charge in [0.2, 0.25) is 0 Å². The predicted octanol–water partition coefficient (Wildman–Crippen LogP) is 3.80. The Morgan fingerprint density at radius 3 is 2.71 bits per heavy atom. The molecule has 6 nitrogen and oxygen atoms in total. The van der Waals surface area contributed by atoms with Crippen LogP contribution in [0.1, 0.15) is 42.3 Å². The molecule has 2 aromatic carbocycles. The van der Waals surface area contributed by atoms with Crippen LogP contribution in [-0.4, -0.2) is 36.9 Å². The highest BCUT2D eigenvalue weighted by molar-refractivity contribution is 5.96. The van der Waals surface area contributed by atoms with E-state index in [0.717, 1.165) is 16.8 Å². The molecule has 0 aliphatic carbocycles. The number of hydrogen-bond donors (Lipinski definition) is 2. The van der Waals surface area contributed by atoms with Gasteiger partial charge < -0.3 is 14.7 Å². The number of carbonyl (C=O) groups is 1. The third kappa shape index (κ3) is 3.71. The number of allylic oxidation sites excluding steroid dienone is 1. The molecule has 1 aliphatic heterocycles. The topological polar surface area (TPSA) is 74.2 Å². The van der Waals surface area contributed by atoms with Crippen molar-refractivity contribution >= 4 is 23.4 Å². The van der Waals surface area contributed by atoms with Gasteiger partial charge in [0.15, 0.2) is 0 Å². The van der Waals surface area contributed by atoms with Crippen LogP contribution in [0.5, 0.6) is 11.5 Å². The summed E-state index contributed by atoms with van der Waals surface area (Å²) < 4.78 is 5.54. The maximum Gasteiger partial charge on any atom is 0.271 e. The van der Waals surface area contributed by atoms with Gasteiger partial charge in [-0.3, -0.25) is 4.79 Å². The number of rotatable bonds is 4. The number of nitrogens with zero attached hydrogens (tertiary/aromatic N) is 2. The molecule has 0 aromatic heterocycles. The molecule has 2 aromatic rings. The summed E-state index contributed by atoms with van der Waals surface area (Å²) >= 11 is 0. The lowest BCUT2D eigenvalue weighted by Gasteiger charge is -2.40. The lowest BCUT2D eigenvalue weighted by Crippen LogP contribution is -2.42. The molecular weight excluding hydrogens is 354 g/mol. The average Bonchev–Trinajstić information content (AvgIpc) is 2.65. The zero-order valence-corrected chi connectivity index (χ0v) is 16.8. The number of methoxy groups -OCH3 is 1. The van der Waals surface area contributed by atoms with Crippen molar-refractivity contribution in [3.63, 3.8) is 0 Å². The summed E-state index contributed by atoms with van der Waals surface area (Å²) in [6, 6.07) is 10.1. The third-order valence-electron chi connectivity index (χ3n) is 5.05. The van der Waals surface area contributed by atoms with Gasteiger partial charge in [-0.25, -0.2) is 5.43 Å². The standard InChI is InChI=1S/C22H25N3O3/c1-14-12-22(2,3)25(4)19-11-20(28-5)16(10-18(14)19)13-23-24-21(27)15-7-6-8-17(26)9-15/h6-13,26H,1-5H3,(H,24,27)/b23-13+. The lowest BCUT2D eigenvalue weighted by molar-refractivity contribution is 0.0954. The smallest absolute Gasteiger partial charge is 0.271 e. The number of ether oxygens (including phenoxy) is 1. The molecular formula is C22H25N3O3. The van der Waals surface area contributed by atoms with Gasteiger partial charge in [-0.05, 0) is 50.6 Å². The fourth-order valence-corrected chi connectivity index (χ4v) is 3.34. The van der Waals surface area contributed by atoms with Gasteiger partial charge in [-0.1, -0.05) is 12.1 Å². The number of hydrogen-bond acceptors (Lipinski definition) is 5. The number of benzene rings is 2. The third-order valence-corrected chi connectivity index (χ3v) is 5.05. The predicted molar refractivity (Wildman–Crippen MR) is 112 cm³/mol. The summed E-state index contributed by atoms with van der Waals surface area (Å²) in [6.45, 7) is 6.42. The molecule has 146 valence electrons. The Morgan fingerprint density at radius 1 is 1.29 bits per heavy atom. The van der Waals surface area contributed by atoms with Crippen molar-refractivity contribution in [3.05, 3.63) is 59.2 Å². The van der Waals surface area contributed by atoms with Crippen molar-refractivity contribution in [2.45, 2.75) is 26.3 Å². The van der Waals surface area contributed by atoms with Crippen LogP contribution < -0.4 is 15.1 Å². The van der Waals surface area contributed by atoms with Gasteiger partial charge in [0, 0.05) is 35.5 Å². The molecule has 0 saturated heterocycles. The number of hydrazone groups is 1. The number of fused-ring (bicyclic) bond motifs is 1. The van der Waals surface area contributed by atoms with E-state index in [1.54, 1.807) is 25.5 Å². The first kappa shape index (κ1) is 19.5. The van der Waals surface area contributed by atoms with Crippen LogP contribution in [0.3, 0.4) is 0 Å². The van der Waals surface area contributed by atoms with Crippen molar-refractivity contribution in [1.29, 1.82) is 0 Å². The Balaban J connectivity index is 1.88. The van der Waals surface area contributed by atoms with Crippen LogP contribution in [0, 0.1) is 0 Å². The second-order valence-electron chi connectivity index (χ2n) is 7.40. The van der Waals surface area contributed by atoms with Gasteiger partial charge in [-0.15, -0.1) is 0 Å². The minimum absolute atomic E-state index is 0.0299. The van der Waals surface area contributed by atoms with Gasteiger partial charge in [0.25, 0.3) is 5.91 Å². The van der Waals surface area contributed by atoms with Gasteiger partial charge in [0.1, 0.15) is 11.5 Å². The fraction of sp³-hybridized carbons (Fsp3) is 0.273. The van der Waals surface area contributed by atoms with E-state index in [2.05, 4.69) is 49.3 Å². The SMILES string of the molecule is COc1cc2c(cc1/C=N/NC(=O)c1cccc(O)c1)C(C)=CC(C)(C)N2C. The highest BCUT2D eigenvalue weighted by Gasteiger charge is 2.29. The van der Waals surface area contributed by atoms with E-state index in [-0.39, 0.29) is 11.3 Å². The number of anilines is 1. The fourth-order valence-electron chi connectivity index (χ4n) is 3.34. The number of amides is 1. The first-order valence-corrected chi connectivity index (χ1v) is 9.01. The van der Waals surface area contributed by atoms with Crippen molar-refractivity contribution in [3.8, 4) is 11.5 Å². The van der Waals surface area contributed by atoms with Crippen LogP contribution in [0.2, 0.25) is 0 Å². The number of phenolic OH excluding ortho intramolecular Hbond substituents is 1.